The van der Waals surface area contributed by atoms with Crippen molar-refractivity contribution in [1.82, 2.24) is 4.72 Å². The van der Waals surface area contributed by atoms with Gasteiger partial charge in [0, 0.05) is 11.3 Å². The zero-order valence-corrected chi connectivity index (χ0v) is 19.9. The molecule has 3 aromatic carbocycles. The van der Waals surface area contributed by atoms with E-state index in [2.05, 4.69) is 10.0 Å². The molecule has 0 saturated heterocycles. The van der Waals surface area contributed by atoms with Crippen LogP contribution in [0.4, 0.5) is 5.69 Å². The molecule has 34 heavy (non-hydrogen) atoms. The predicted molar refractivity (Wildman–Crippen MR) is 130 cm³/mol. The van der Waals surface area contributed by atoms with E-state index in [0.717, 1.165) is 5.56 Å². The summed E-state index contributed by atoms with van der Waals surface area (Å²) in [6.07, 6.45) is 0.107. The lowest BCUT2D eigenvalue weighted by atomic mass is 10.1. The first-order valence-corrected chi connectivity index (χ1v) is 12.2. The lowest BCUT2D eigenvalue weighted by Crippen LogP contribution is -2.45. The lowest BCUT2D eigenvalue weighted by Gasteiger charge is -2.19. The van der Waals surface area contributed by atoms with Crippen LogP contribution in [0.3, 0.4) is 0 Å². The van der Waals surface area contributed by atoms with Gasteiger partial charge in [-0.3, -0.25) is 9.59 Å². The van der Waals surface area contributed by atoms with E-state index in [0.29, 0.717) is 18.0 Å². The Bertz CT molecular complexity index is 1270. The fourth-order valence-corrected chi connectivity index (χ4v) is 4.68. The average Bonchev–Trinajstić information content (AvgIpc) is 2.81. The first-order chi connectivity index (χ1) is 16.2. The van der Waals surface area contributed by atoms with E-state index in [9.17, 15) is 18.0 Å². The van der Waals surface area contributed by atoms with Crippen molar-refractivity contribution in [2.75, 3.05) is 11.9 Å². The molecule has 3 rings (SSSR count). The predicted octanol–water partition coefficient (Wildman–Crippen LogP) is 3.37. The zero-order chi connectivity index (χ0) is 24.7. The van der Waals surface area contributed by atoms with Gasteiger partial charge in [0.15, 0.2) is 0 Å². The number of sulfonamides is 1. The summed E-state index contributed by atoms with van der Waals surface area (Å²) in [5, 5.41) is 2.82. The van der Waals surface area contributed by atoms with Gasteiger partial charge in [0.05, 0.1) is 16.5 Å². The van der Waals surface area contributed by atoms with Crippen LogP contribution in [0.25, 0.3) is 0 Å². The first-order valence-electron chi connectivity index (χ1n) is 10.4. The van der Waals surface area contributed by atoms with Crippen LogP contribution >= 0.6 is 11.6 Å². The van der Waals surface area contributed by atoms with Gasteiger partial charge in [-0.15, -0.1) is 0 Å². The normalized spacial score (nSPS) is 12.1. The summed E-state index contributed by atoms with van der Waals surface area (Å²) < 4.78 is 34.0. The molecule has 0 radical (unpaired) electrons. The van der Waals surface area contributed by atoms with Gasteiger partial charge in [-0.05, 0) is 61.4 Å². The number of halogens is 1. The number of hydrogen-bond donors (Lipinski definition) is 3. The van der Waals surface area contributed by atoms with Crippen molar-refractivity contribution in [3.05, 3.63) is 88.9 Å². The van der Waals surface area contributed by atoms with Crippen molar-refractivity contribution in [3.63, 3.8) is 0 Å². The number of nitrogens with two attached hydrogens (primary N) is 1. The minimum absolute atomic E-state index is 0.0994. The van der Waals surface area contributed by atoms with Crippen LogP contribution in [-0.4, -0.2) is 32.9 Å². The molecule has 0 saturated carbocycles. The SMILES string of the molecule is CCOc1ccc(S(=O)(=O)NC(Cc2ccccc2)C(=O)Nc2ccc(C(N)=O)cc2)cc1Cl. The molecule has 0 aliphatic rings. The highest BCUT2D eigenvalue weighted by Crippen LogP contribution is 2.27. The highest BCUT2D eigenvalue weighted by molar-refractivity contribution is 7.89. The Morgan fingerprint density at radius 2 is 1.71 bits per heavy atom. The molecule has 0 heterocycles. The first kappa shape index (κ1) is 25.2. The molecule has 8 nitrogen and oxygen atoms in total. The molecule has 0 bridgehead atoms. The van der Waals surface area contributed by atoms with Gasteiger partial charge in [0.2, 0.25) is 21.8 Å². The summed E-state index contributed by atoms with van der Waals surface area (Å²) in [5.41, 5.74) is 6.67. The minimum atomic E-state index is -4.10. The maximum absolute atomic E-state index is 13.1. The van der Waals surface area contributed by atoms with Crippen molar-refractivity contribution in [3.8, 4) is 5.75 Å². The molecule has 1 unspecified atom stereocenters. The highest BCUT2D eigenvalue weighted by Gasteiger charge is 2.27. The maximum Gasteiger partial charge on any atom is 0.248 e. The second-order valence-corrected chi connectivity index (χ2v) is 9.44. The van der Waals surface area contributed by atoms with Crippen molar-refractivity contribution >= 4 is 39.1 Å². The van der Waals surface area contributed by atoms with E-state index < -0.39 is 27.9 Å². The molecule has 0 spiro atoms. The third kappa shape index (κ3) is 6.57. The minimum Gasteiger partial charge on any atom is -0.492 e. The molecule has 2 amide bonds. The Morgan fingerprint density at radius 1 is 1.03 bits per heavy atom. The molecule has 1 atom stereocenters. The number of carbonyl (C=O) groups is 2. The Morgan fingerprint density at radius 3 is 2.29 bits per heavy atom. The third-order valence-electron chi connectivity index (χ3n) is 4.85. The molecule has 0 fully saturated rings. The average molecular weight is 502 g/mol. The number of anilines is 1. The van der Waals surface area contributed by atoms with E-state index in [1.54, 1.807) is 31.2 Å². The summed E-state index contributed by atoms with van der Waals surface area (Å²) in [5.74, 6) is -0.806. The monoisotopic (exact) mass is 501 g/mol. The topological polar surface area (TPSA) is 128 Å². The number of nitrogens with one attached hydrogen (secondary N) is 2. The van der Waals surface area contributed by atoms with Gasteiger partial charge < -0.3 is 15.8 Å². The number of rotatable bonds is 10. The molecular formula is C24H24ClN3O5S. The van der Waals surface area contributed by atoms with E-state index in [1.807, 2.05) is 6.07 Å². The molecule has 178 valence electrons. The standard InChI is InChI=1S/C24H24ClN3O5S/c1-2-33-22-13-12-19(15-20(22)25)34(31,32)28-21(14-16-6-4-3-5-7-16)24(30)27-18-10-8-17(9-11-18)23(26)29/h3-13,15,21,28H,2,14H2,1H3,(H2,26,29)(H,27,30). The second-order valence-electron chi connectivity index (χ2n) is 7.32. The summed E-state index contributed by atoms with van der Waals surface area (Å²) in [4.78, 5) is 24.2. The quantitative estimate of drug-likeness (QED) is 0.392. The van der Waals surface area contributed by atoms with Gasteiger partial charge >= 0.3 is 0 Å². The molecular weight excluding hydrogens is 478 g/mol. The molecule has 4 N–H and O–H groups in total. The molecule has 0 aromatic heterocycles. The fraction of sp³-hybridized carbons (Fsp3) is 0.167. The van der Waals surface area contributed by atoms with Crippen LogP contribution in [0.15, 0.2) is 77.7 Å². The number of amides is 2. The Hall–Kier alpha value is -3.40. The highest BCUT2D eigenvalue weighted by atomic mass is 35.5. The van der Waals surface area contributed by atoms with Crippen molar-refractivity contribution in [2.24, 2.45) is 5.73 Å². The van der Waals surface area contributed by atoms with Crippen molar-refractivity contribution in [1.29, 1.82) is 0 Å². The summed E-state index contributed by atoms with van der Waals surface area (Å²) in [6.45, 7) is 2.17. The van der Waals surface area contributed by atoms with Crippen LogP contribution in [0.5, 0.6) is 5.75 Å². The smallest absolute Gasteiger partial charge is 0.248 e. The van der Waals surface area contributed by atoms with Gasteiger partial charge in [-0.1, -0.05) is 41.9 Å². The van der Waals surface area contributed by atoms with Crippen LogP contribution in [-0.2, 0) is 21.2 Å². The second kappa shape index (κ2) is 11.1. The largest absolute Gasteiger partial charge is 0.492 e. The maximum atomic E-state index is 13.1. The molecule has 3 aromatic rings. The van der Waals surface area contributed by atoms with E-state index >= 15 is 0 Å². The Kier molecular flexibility index (Phi) is 8.27. The van der Waals surface area contributed by atoms with Gasteiger partial charge in [-0.2, -0.15) is 4.72 Å². The Labute approximate surface area is 203 Å². The summed E-state index contributed by atoms with van der Waals surface area (Å²) in [6, 6.07) is 17.9. The van der Waals surface area contributed by atoms with Crippen LogP contribution in [0.2, 0.25) is 5.02 Å². The number of carbonyl (C=O) groups excluding carboxylic acids is 2. The lowest BCUT2D eigenvalue weighted by molar-refractivity contribution is -0.117. The van der Waals surface area contributed by atoms with Crippen LogP contribution in [0.1, 0.15) is 22.8 Å². The molecule has 0 aliphatic carbocycles. The fourth-order valence-electron chi connectivity index (χ4n) is 3.16. The van der Waals surface area contributed by atoms with Crippen LogP contribution in [0, 0.1) is 0 Å². The molecule has 10 heteroatoms. The van der Waals surface area contributed by atoms with Crippen molar-refractivity contribution < 1.29 is 22.7 Å². The summed E-state index contributed by atoms with van der Waals surface area (Å²) >= 11 is 6.16. The van der Waals surface area contributed by atoms with Crippen LogP contribution < -0.4 is 20.5 Å². The number of primary amides is 1. The van der Waals surface area contributed by atoms with Gasteiger partial charge in [0.25, 0.3) is 0 Å². The van der Waals surface area contributed by atoms with E-state index in [1.165, 1.54) is 42.5 Å². The van der Waals surface area contributed by atoms with Crippen molar-refractivity contribution in [2.45, 2.75) is 24.3 Å². The number of ether oxygens (including phenoxy) is 1. The Balaban J connectivity index is 1.85. The number of hydrogen-bond acceptors (Lipinski definition) is 5. The summed E-state index contributed by atoms with van der Waals surface area (Å²) in [7, 11) is -4.10. The van der Waals surface area contributed by atoms with Gasteiger partial charge in [0.1, 0.15) is 11.8 Å². The van der Waals surface area contributed by atoms with E-state index in [-0.39, 0.29) is 21.9 Å². The molecule has 0 aliphatic heterocycles. The third-order valence-corrected chi connectivity index (χ3v) is 6.61. The van der Waals surface area contributed by atoms with Gasteiger partial charge in [-0.25, -0.2) is 8.42 Å². The van der Waals surface area contributed by atoms with E-state index in [4.69, 9.17) is 22.1 Å². The number of benzene rings is 3. The zero-order valence-electron chi connectivity index (χ0n) is 18.3.